The summed E-state index contributed by atoms with van der Waals surface area (Å²) >= 11 is 6.19. The molecule has 0 amide bonds. The number of ether oxygens (including phenoxy) is 2. The number of rotatable bonds is 6. The van der Waals surface area contributed by atoms with Gasteiger partial charge in [0, 0.05) is 5.56 Å². The van der Waals surface area contributed by atoms with Crippen molar-refractivity contribution in [3.8, 4) is 28.3 Å². The van der Waals surface area contributed by atoms with Crippen LogP contribution in [0.5, 0.6) is 11.5 Å². The van der Waals surface area contributed by atoms with Crippen molar-refractivity contribution >= 4 is 11.6 Å². The summed E-state index contributed by atoms with van der Waals surface area (Å²) in [5.74, 6) is 1.25. The van der Waals surface area contributed by atoms with Gasteiger partial charge in [0.2, 0.25) is 0 Å². The van der Waals surface area contributed by atoms with Crippen LogP contribution in [0.2, 0.25) is 5.02 Å². The molecule has 0 unspecified atom stereocenters. The number of hydrogen-bond donors (Lipinski definition) is 0. The van der Waals surface area contributed by atoms with E-state index in [4.69, 9.17) is 21.1 Å². The van der Waals surface area contributed by atoms with Crippen molar-refractivity contribution in [1.82, 2.24) is 9.78 Å². The van der Waals surface area contributed by atoms with E-state index in [-0.39, 0.29) is 17.3 Å². The molecule has 0 aliphatic heterocycles. The molecule has 3 aromatic carbocycles. The number of benzene rings is 3. The standard InChI is InChI=1S/C25H20ClF3N2O2/c1-16-7-12-23(32-2)20(13-16)17-8-10-19(11-9-17)33-15-18-14-24(25(27,28)29)30-31(18)22-6-4-3-5-21(22)26/h3-14H,15H2,1-2H3. The minimum Gasteiger partial charge on any atom is -0.496 e. The summed E-state index contributed by atoms with van der Waals surface area (Å²) < 4.78 is 52.3. The van der Waals surface area contributed by atoms with Crippen LogP contribution in [0.4, 0.5) is 13.2 Å². The maximum atomic E-state index is 13.3. The highest BCUT2D eigenvalue weighted by Crippen LogP contribution is 2.33. The number of aromatic nitrogens is 2. The lowest BCUT2D eigenvalue weighted by Crippen LogP contribution is -2.08. The van der Waals surface area contributed by atoms with Gasteiger partial charge in [-0.05, 0) is 55.0 Å². The lowest BCUT2D eigenvalue weighted by Gasteiger charge is -2.12. The normalized spacial score (nSPS) is 11.5. The summed E-state index contributed by atoms with van der Waals surface area (Å²) in [5.41, 5.74) is 2.52. The number of methoxy groups -OCH3 is 1. The van der Waals surface area contributed by atoms with E-state index < -0.39 is 11.9 Å². The Bertz CT molecular complexity index is 1270. The van der Waals surface area contributed by atoms with Gasteiger partial charge in [0.1, 0.15) is 18.1 Å². The molecular weight excluding hydrogens is 453 g/mol. The molecular formula is C25H20ClF3N2O2. The van der Waals surface area contributed by atoms with Gasteiger partial charge in [0.25, 0.3) is 0 Å². The predicted octanol–water partition coefficient (Wildman–Crippen LogP) is 7.11. The molecule has 0 bridgehead atoms. The van der Waals surface area contributed by atoms with Crippen molar-refractivity contribution in [2.45, 2.75) is 19.7 Å². The largest absolute Gasteiger partial charge is 0.496 e. The highest BCUT2D eigenvalue weighted by molar-refractivity contribution is 6.32. The van der Waals surface area contributed by atoms with E-state index in [9.17, 15) is 13.2 Å². The second-order valence-electron chi connectivity index (χ2n) is 7.40. The van der Waals surface area contributed by atoms with Crippen molar-refractivity contribution in [3.05, 3.63) is 94.8 Å². The maximum absolute atomic E-state index is 13.3. The highest BCUT2D eigenvalue weighted by atomic mass is 35.5. The third-order valence-electron chi connectivity index (χ3n) is 5.06. The van der Waals surface area contributed by atoms with Crippen LogP contribution in [0, 0.1) is 6.92 Å². The van der Waals surface area contributed by atoms with Gasteiger partial charge in [-0.15, -0.1) is 0 Å². The first-order valence-electron chi connectivity index (χ1n) is 10.0. The first kappa shape index (κ1) is 22.7. The van der Waals surface area contributed by atoms with E-state index in [2.05, 4.69) is 5.10 Å². The third kappa shape index (κ3) is 4.98. The van der Waals surface area contributed by atoms with Crippen LogP contribution in [0.3, 0.4) is 0 Å². The molecule has 0 saturated carbocycles. The quantitative estimate of drug-likeness (QED) is 0.300. The fourth-order valence-corrected chi connectivity index (χ4v) is 3.64. The summed E-state index contributed by atoms with van der Waals surface area (Å²) in [6.07, 6.45) is -4.59. The number of aryl methyl sites for hydroxylation is 1. The molecule has 0 saturated heterocycles. The van der Waals surface area contributed by atoms with Crippen molar-refractivity contribution in [3.63, 3.8) is 0 Å². The molecule has 0 atom stereocenters. The lowest BCUT2D eigenvalue weighted by atomic mass is 10.0. The van der Waals surface area contributed by atoms with Gasteiger partial charge in [-0.25, -0.2) is 4.68 Å². The zero-order valence-electron chi connectivity index (χ0n) is 17.9. The number of halogens is 4. The number of nitrogens with zero attached hydrogens (tertiary/aromatic N) is 2. The molecule has 8 heteroatoms. The van der Waals surface area contributed by atoms with Crippen molar-refractivity contribution in [2.75, 3.05) is 7.11 Å². The summed E-state index contributed by atoms with van der Waals surface area (Å²) in [4.78, 5) is 0. The van der Waals surface area contributed by atoms with Crippen molar-refractivity contribution < 1.29 is 22.6 Å². The molecule has 0 aliphatic carbocycles. The van der Waals surface area contributed by atoms with Crippen LogP contribution in [0.25, 0.3) is 16.8 Å². The molecule has 0 aliphatic rings. The minimum atomic E-state index is -4.59. The van der Waals surface area contributed by atoms with Gasteiger partial charge in [0.05, 0.1) is 23.5 Å². The van der Waals surface area contributed by atoms with E-state index in [1.165, 1.54) is 0 Å². The van der Waals surface area contributed by atoms with E-state index in [1.54, 1.807) is 43.5 Å². The van der Waals surface area contributed by atoms with E-state index in [0.717, 1.165) is 33.2 Å². The second-order valence-corrected chi connectivity index (χ2v) is 7.81. The minimum absolute atomic E-state index is 0.124. The van der Waals surface area contributed by atoms with E-state index in [1.807, 2.05) is 37.3 Å². The van der Waals surface area contributed by atoms with E-state index >= 15 is 0 Å². The Morgan fingerprint density at radius 1 is 0.970 bits per heavy atom. The van der Waals surface area contributed by atoms with Crippen molar-refractivity contribution in [1.29, 1.82) is 0 Å². The molecule has 170 valence electrons. The Labute approximate surface area is 194 Å². The summed E-state index contributed by atoms with van der Waals surface area (Å²) in [6, 6.07) is 20.7. The van der Waals surface area contributed by atoms with Crippen LogP contribution in [-0.4, -0.2) is 16.9 Å². The molecule has 0 radical (unpaired) electrons. The van der Waals surface area contributed by atoms with Crippen LogP contribution >= 0.6 is 11.6 Å². The fraction of sp³-hybridized carbons (Fsp3) is 0.160. The summed E-state index contributed by atoms with van der Waals surface area (Å²) in [5, 5.41) is 4.00. The first-order chi connectivity index (χ1) is 15.8. The molecule has 1 heterocycles. The predicted molar refractivity (Wildman–Crippen MR) is 121 cm³/mol. The summed E-state index contributed by atoms with van der Waals surface area (Å²) in [7, 11) is 1.61. The average molecular weight is 473 g/mol. The fourth-order valence-electron chi connectivity index (χ4n) is 3.43. The maximum Gasteiger partial charge on any atom is 0.435 e. The van der Waals surface area contributed by atoms with Gasteiger partial charge in [-0.1, -0.05) is 47.5 Å². The molecule has 0 N–H and O–H groups in total. The molecule has 4 nitrogen and oxygen atoms in total. The second kappa shape index (κ2) is 9.19. The SMILES string of the molecule is COc1ccc(C)cc1-c1ccc(OCc2cc(C(F)(F)F)nn2-c2ccccc2Cl)cc1. The smallest absolute Gasteiger partial charge is 0.435 e. The molecule has 4 aromatic rings. The van der Waals surface area contributed by atoms with Gasteiger partial charge >= 0.3 is 6.18 Å². The van der Waals surface area contributed by atoms with Crippen LogP contribution in [-0.2, 0) is 12.8 Å². The number of para-hydroxylation sites is 1. The zero-order valence-corrected chi connectivity index (χ0v) is 18.6. The average Bonchev–Trinajstić information content (AvgIpc) is 3.23. The number of alkyl halides is 3. The Kier molecular flexibility index (Phi) is 6.33. The summed E-state index contributed by atoms with van der Waals surface area (Å²) in [6.45, 7) is 1.87. The zero-order chi connectivity index (χ0) is 23.6. The van der Waals surface area contributed by atoms with Gasteiger partial charge in [-0.2, -0.15) is 18.3 Å². The Hall–Kier alpha value is -3.45. The third-order valence-corrected chi connectivity index (χ3v) is 5.38. The first-order valence-corrected chi connectivity index (χ1v) is 10.4. The molecule has 1 aromatic heterocycles. The van der Waals surface area contributed by atoms with Gasteiger partial charge in [-0.3, -0.25) is 0 Å². The Morgan fingerprint density at radius 3 is 2.36 bits per heavy atom. The van der Waals surface area contributed by atoms with Gasteiger partial charge < -0.3 is 9.47 Å². The molecule has 33 heavy (non-hydrogen) atoms. The van der Waals surface area contributed by atoms with Crippen LogP contribution in [0.1, 0.15) is 17.0 Å². The Balaban J connectivity index is 1.59. The lowest BCUT2D eigenvalue weighted by molar-refractivity contribution is -0.141. The highest BCUT2D eigenvalue weighted by Gasteiger charge is 2.35. The molecule has 0 spiro atoms. The van der Waals surface area contributed by atoms with Gasteiger partial charge in [0.15, 0.2) is 5.69 Å². The molecule has 0 fully saturated rings. The van der Waals surface area contributed by atoms with Crippen molar-refractivity contribution in [2.24, 2.45) is 0 Å². The molecule has 4 rings (SSSR count). The van der Waals surface area contributed by atoms with E-state index in [0.29, 0.717) is 11.4 Å². The monoisotopic (exact) mass is 472 g/mol. The number of hydrogen-bond acceptors (Lipinski definition) is 3. The van der Waals surface area contributed by atoms with Crippen LogP contribution < -0.4 is 9.47 Å². The Morgan fingerprint density at radius 2 is 1.70 bits per heavy atom. The van der Waals surface area contributed by atoms with Crippen LogP contribution in [0.15, 0.2) is 72.8 Å². The topological polar surface area (TPSA) is 36.3 Å².